The van der Waals surface area contributed by atoms with Gasteiger partial charge in [-0.15, -0.1) is 0 Å². The van der Waals surface area contributed by atoms with Crippen LogP contribution in [-0.2, 0) is 0 Å². The Kier molecular flexibility index (Phi) is 2.72. The average molecular weight is 301 g/mol. The Hall–Kier alpha value is -1.94. The number of hydrogen-bond acceptors (Lipinski definition) is 2. The molecule has 0 amide bonds. The van der Waals surface area contributed by atoms with E-state index < -0.39 is 0 Å². The standard InChI is InChI=1S/C14H9BrN2O/c15-11-2-1-3-12(7-11)17-9-16-13-5-4-10(8-18)6-14(13)17/h1-9H. The van der Waals surface area contributed by atoms with E-state index in [-0.39, 0.29) is 0 Å². The lowest BCUT2D eigenvalue weighted by atomic mass is 10.2. The zero-order valence-electron chi connectivity index (χ0n) is 9.38. The molecule has 4 heteroatoms. The number of fused-ring (bicyclic) bond motifs is 1. The van der Waals surface area contributed by atoms with Gasteiger partial charge in [0.1, 0.15) is 12.6 Å². The van der Waals surface area contributed by atoms with Crippen molar-refractivity contribution in [2.45, 2.75) is 0 Å². The fourth-order valence-electron chi connectivity index (χ4n) is 1.93. The van der Waals surface area contributed by atoms with Gasteiger partial charge in [-0.05, 0) is 36.4 Å². The normalized spacial score (nSPS) is 10.7. The van der Waals surface area contributed by atoms with Gasteiger partial charge in [0.25, 0.3) is 0 Å². The van der Waals surface area contributed by atoms with Gasteiger partial charge in [0.05, 0.1) is 11.0 Å². The molecule has 0 saturated carbocycles. The van der Waals surface area contributed by atoms with Crippen molar-refractivity contribution < 1.29 is 4.79 Å². The maximum Gasteiger partial charge on any atom is 0.150 e. The number of aromatic nitrogens is 2. The highest BCUT2D eigenvalue weighted by Crippen LogP contribution is 2.21. The van der Waals surface area contributed by atoms with Crippen LogP contribution in [0.3, 0.4) is 0 Å². The monoisotopic (exact) mass is 300 g/mol. The van der Waals surface area contributed by atoms with Crippen molar-refractivity contribution >= 4 is 33.2 Å². The van der Waals surface area contributed by atoms with Gasteiger partial charge in [-0.3, -0.25) is 9.36 Å². The van der Waals surface area contributed by atoms with E-state index in [2.05, 4.69) is 20.9 Å². The van der Waals surface area contributed by atoms with E-state index in [0.717, 1.165) is 27.5 Å². The average Bonchev–Trinajstić information content (AvgIpc) is 2.81. The van der Waals surface area contributed by atoms with Crippen molar-refractivity contribution in [2.24, 2.45) is 0 Å². The molecule has 1 aromatic heterocycles. The van der Waals surface area contributed by atoms with Crippen LogP contribution >= 0.6 is 15.9 Å². The van der Waals surface area contributed by atoms with Crippen molar-refractivity contribution in [1.82, 2.24) is 9.55 Å². The molecule has 0 N–H and O–H groups in total. The number of hydrogen-bond donors (Lipinski definition) is 0. The lowest BCUT2D eigenvalue weighted by molar-refractivity contribution is 0.112. The number of aldehydes is 1. The minimum absolute atomic E-state index is 0.652. The SMILES string of the molecule is O=Cc1ccc2ncn(-c3cccc(Br)c3)c2c1. The smallest absolute Gasteiger partial charge is 0.150 e. The van der Waals surface area contributed by atoms with E-state index >= 15 is 0 Å². The summed E-state index contributed by atoms with van der Waals surface area (Å²) in [7, 11) is 0. The van der Waals surface area contributed by atoms with E-state index in [1.165, 1.54) is 0 Å². The number of carbonyl (C=O) groups excluding carboxylic acids is 1. The van der Waals surface area contributed by atoms with Crippen molar-refractivity contribution in [3.63, 3.8) is 0 Å². The van der Waals surface area contributed by atoms with Gasteiger partial charge in [-0.1, -0.05) is 22.0 Å². The molecular formula is C14H9BrN2O. The summed E-state index contributed by atoms with van der Waals surface area (Å²) in [5.74, 6) is 0. The van der Waals surface area contributed by atoms with Gasteiger partial charge in [-0.2, -0.15) is 0 Å². The van der Waals surface area contributed by atoms with E-state index in [4.69, 9.17) is 0 Å². The maximum atomic E-state index is 10.8. The topological polar surface area (TPSA) is 34.9 Å². The summed E-state index contributed by atoms with van der Waals surface area (Å²) in [5.41, 5.74) is 3.47. The summed E-state index contributed by atoms with van der Waals surface area (Å²) in [6.45, 7) is 0. The largest absolute Gasteiger partial charge is 0.299 e. The molecular weight excluding hydrogens is 292 g/mol. The molecule has 3 nitrogen and oxygen atoms in total. The highest BCUT2D eigenvalue weighted by atomic mass is 79.9. The number of halogens is 1. The van der Waals surface area contributed by atoms with Crippen LogP contribution in [0.1, 0.15) is 10.4 Å². The van der Waals surface area contributed by atoms with Crippen molar-refractivity contribution in [3.05, 3.63) is 58.8 Å². The highest BCUT2D eigenvalue weighted by molar-refractivity contribution is 9.10. The lowest BCUT2D eigenvalue weighted by Crippen LogP contribution is -1.92. The molecule has 3 aromatic rings. The molecule has 0 bridgehead atoms. The molecule has 0 unspecified atom stereocenters. The minimum atomic E-state index is 0.652. The Morgan fingerprint density at radius 2 is 2.06 bits per heavy atom. The molecule has 0 aliphatic rings. The lowest BCUT2D eigenvalue weighted by Gasteiger charge is -2.04. The number of benzene rings is 2. The van der Waals surface area contributed by atoms with Crippen LogP contribution in [0.5, 0.6) is 0 Å². The Bertz CT molecular complexity index is 733. The van der Waals surface area contributed by atoms with Crippen molar-refractivity contribution in [2.75, 3.05) is 0 Å². The third-order valence-corrected chi connectivity index (χ3v) is 3.29. The Labute approximate surface area is 112 Å². The summed E-state index contributed by atoms with van der Waals surface area (Å²) in [4.78, 5) is 15.2. The van der Waals surface area contributed by atoms with Crippen LogP contribution in [0.2, 0.25) is 0 Å². The first-order valence-corrected chi connectivity index (χ1v) is 6.25. The summed E-state index contributed by atoms with van der Waals surface area (Å²) >= 11 is 3.45. The molecule has 0 saturated heterocycles. The second kappa shape index (κ2) is 4.38. The predicted octanol–water partition coefficient (Wildman–Crippen LogP) is 3.60. The van der Waals surface area contributed by atoms with Gasteiger partial charge in [0.2, 0.25) is 0 Å². The minimum Gasteiger partial charge on any atom is -0.299 e. The second-order valence-electron chi connectivity index (χ2n) is 3.96. The Balaban J connectivity index is 2.26. The van der Waals surface area contributed by atoms with Crippen LogP contribution in [0.25, 0.3) is 16.7 Å². The molecule has 18 heavy (non-hydrogen) atoms. The van der Waals surface area contributed by atoms with Crippen LogP contribution in [-0.4, -0.2) is 15.8 Å². The number of nitrogens with zero attached hydrogens (tertiary/aromatic N) is 2. The van der Waals surface area contributed by atoms with Gasteiger partial charge < -0.3 is 0 Å². The fourth-order valence-corrected chi connectivity index (χ4v) is 2.32. The molecule has 88 valence electrons. The number of imidazole rings is 1. The number of rotatable bonds is 2. The summed E-state index contributed by atoms with van der Waals surface area (Å²) in [6, 6.07) is 13.4. The van der Waals surface area contributed by atoms with Gasteiger partial charge in [0.15, 0.2) is 0 Å². The van der Waals surface area contributed by atoms with Crippen molar-refractivity contribution in [3.8, 4) is 5.69 Å². The summed E-state index contributed by atoms with van der Waals surface area (Å²) in [5, 5.41) is 0. The molecule has 0 spiro atoms. The maximum absolute atomic E-state index is 10.8. The number of carbonyl (C=O) groups is 1. The quantitative estimate of drug-likeness (QED) is 0.678. The van der Waals surface area contributed by atoms with Gasteiger partial charge in [-0.25, -0.2) is 4.98 Å². The molecule has 0 aliphatic carbocycles. The fraction of sp³-hybridized carbons (Fsp3) is 0. The van der Waals surface area contributed by atoms with E-state index in [1.807, 2.05) is 41.0 Å². The van der Waals surface area contributed by atoms with Gasteiger partial charge >= 0.3 is 0 Å². The predicted molar refractivity (Wildman–Crippen MR) is 74.2 cm³/mol. The molecule has 0 fully saturated rings. The van der Waals surface area contributed by atoms with Crippen LogP contribution < -0.4 is 0 Å². The molecule has 3 rings (SSSR count). The van der Waals surface area contributed by atoms with Crippen LogP contribution in [0.4, 0.5) is 0 Å². The van der Waals surface area contributed by atoms with E-state index in [0.29, 0.717) is 5.56 Å². The first-order valence-electron chi connectivity index (χ1n) is 5.46. The van der Waals surface area contributed by atoms with E-state index in [1.54, 1.807) is 12.4 Å². The van der Waals surface area contributed by atoms with Crippen LogP contribution in [0, 0.1) is 0 Å². The first kappa shape index (κ1) is 11.2. The second-order valence-corrected chi connectivity index (χ2v) is 4.88. The highest BCUT2D eigenvalue weighted by Gasteiger charge is 2.05. The Morgan fingerprint density at radius 3 is 2.83 bits per heavy atom. The Morgan fingerprint density at radius 1 is 1.17 bits per heavy atom. The van der Waals surface area contributed by atoms with E-state index in [9.17, 15) is 4.79 Å². The zero-order chi connectivity index (χ0) is 12.5. The van der Waals surface area contributed by atoms with Gasteiger partial charge in [0, 0.05) is 15.7 Å². The third kappa shape index (κ3) is 1.84. The molecule has 0 aliphatic heterocycles. The molecule has 0 atom stereocenters. The third-order valence-electron chi connectivity index (χ3n) is 2.79. The molecule has 0 radical (unpaired) electrons. The zero-order valence-corrected chi connectivity index (χ0v) is 11.0. The first-order chi connectivity index (χ1) is 8.78. The summed E-state index contributed by atoms with van der Waals surface area (Å²) in [6.07, 6.45) is 2.61. The molecule has 1 heterocycles. The van der Waals surface area contributed by atoms with Crippen LogP contribution in [0.15, 0.2) is 53.3 Å². The molecule has 2 aromatic carbocycles. The summed E-state index contributed by atoms with van der Waals surface area (Å²) < 4.78 is 2.97. The van der Waals surface area contributed by atoms with Crippen molar-refractivity contribution in [1.29, 1.82) is 0 Å².